The van der Waals surface area contributed by atoms with E-state index in [0.29, 0.717) is 12.8 Å². The molecule has 0 saturated heterocycles. The maximum absolute atomic E-state index is 13.0. The first kappa shape index (κ1) is 23.4. The third-order valence-electron chi connectivity index (χ3n) is 7.92. The molecule has 0 spiro atoms. The Labute approximate surface area is 205 Å². The number of rotatable bonds is 9. The zero-order chi connectivity index (χ0) is 24.6. The lowest BCUT2D eigenvalue weighted by atomic mass is 9.98. The maximum atomic E-state index is 13.0. The Balaban J connectivity index is 1.15. The molecule has 7 heteroatoms. The molecule has 2 fully saturated rings. The molecule has 0 heterocycles. The summed E-state index contributed by atoms with van der Waals surface area (Å²) in [6, 6.07) is 16.0. The van der Waals surface area contributed by atoms with Crippen LogP contribution in [0.3, 0.4) is 0 Å². The first-order valence-electron chi connectivity index (χ1n) is 12.6. The van der Waals surface area contributed by atoms with E-state index in [4.69, 9.17) is 9.84 Å². The lowest BCUT2D eigenvalue weighted by Gasteiger charge is -2.22. The summed E-state index contributed by atoms with van der Waals surface area (Å²) in [6.07, 6.45) is 3.04. The molecule has 0 aromatic heterocycles. The van der Waals surface area contributed by atoms with E-state index >= 15 is 0 Å². The number of ether oxygens (including phenoxy) is 1. The van der Waals surface area contributed by atoms with Gasteiger partial charge in [0.1, 0.15) is 6.61 Å². The lowest BCUT2D eigenvalue weighted by Crippen LogP contribution is -2.42. The second-order valence-electron chi connectivity index (χ2n) is 10.2. The van der Waals surface area contributed by atoms with Crippen LogP contribution in [0.15, 0.2) is 48.5 Å². The van der Waals surface area contributed by atoms with E-state index in [1.165, 1.54) is 22.3 Å². The second-order valence-corrected chi connectivity index (χ2v) is 10.2. The van der Waals surface area contributed by atoms with Crippen molar-refractivity contribution in [1.82, 2.24) is 10.6 Å². The van der Waals surface area contributed by atoms with Gasteiger partial charge in [-0.2, -0.15) is 0 Å². The normalized spacial score (nSPS) is 24.6. The molecule has 2 aromatic carbocycles. The predicted molar refractivity (Wildman–Crippen MR) is 131 cm³/mol. The van der Waals surface area contributed by atoms with Crippen molar-refractivity contribution in [2.45, 2.75) is 63.5 Å². The number of carboxylic acids is 1. The largest absolute Gasteiger partial charge is 0.481 e. The summed E-state index contributed by atoms with van der Waals surface area (Å²) in [5.74, 6) is -0.741. The van der Waals surface area contributed by atoms with Crippen molar-refractivity contribution >= 4 is 18.0 Å². The van der Waals surface area contributed by atoms with Crippen LogP contribution in [0.1, 0.15) is 62.5 Å². The van der Waals surface area contributed by atoms with E-state index in [2.05, 4.69) is 34.9 Å². The van der Waals surface area contributed by atoms with Crippen LogP contribution in [-0.2, 0) is 14.3 Å². The van der Waals surface area contributed by atoms with Crippen LogP contribution >= 0.6 is 0 Å². The molecule has 2 amide bonds. The number of fused-ring (bicyclic) bond motifs is 4. The van der Waals surface area contributed by atoms with Gasteiger partial charge in [0.15, 0.2) is 0 Å². The van der Waals surface area contributed by atoms with Gasteiger partial charge in [-0.15, -0.1) is 0 Å². The van der Waals surface area contributed by atoms with Gasteiger partial charge >= 0.3 is 12.1 Å². The topological polar surface area (TPSA) is 105 Å². The third kappa shape index (κ3) is 4.51. The molecule has 35 heavy (non-hydrogen) atoms. The zero-order valence-corrected chi connectivity index (χ0v) is 20.0. The summed E-state index contributed by atoms with van der Waals surface area (Å²) in [4.78, 5) is 36.8. The van der Waals surface area contributed by atoms with Gasteiger partial charge in [0.25, 0.3) is 0 Å². The van der Waals surface area contributed by atoms with Crippen molar-refractivity contribution < 1.29 is 24.2 Å². The van der Waals surface area contributed by atoms with Gasteiger partial charge in [-0.05, 0) is 53.9 Å². The maximum Gasteiger partial charge on any atom is 0.407 e. The highest BCUT2D eigenvalue weighted by atomic mass is 16.5. The highest BCUT2D eigenvalue weighted by Gasteiger charge is 2.65. The summed E-state index contributed by atoms with van der Waals surface area (Å²) in [7, 11) is 0. The fourth-order valence-electron chi connectivity index (χ4n) is 6.21. The average Bonchev–Trinajstić information content (AvgIpc) is 3.26. The van der Waals surface area contributed by atoms with Crippen molar-refractivity contribution in [1.29, 1.82) is 0 Å². The Morgan fingerprint density at radius 2 is 1.71 bits per heavy atom. The number of amides is 2. The number of hydrogen-bond acceptors (Lipinski definition) is 4. The van der Waals surface area contributed by atoms with Crippen LogP contribution in [0.2, 0.25) is 0 Å². The van der Waals surface area contributed by atoms with Gasteiger partial charge in [0.05, 0.1) is 11.8 Å². The summed E-state index contributed by atoms with van der Waals surface area (Å²) in [6.45, 7) is 2.23. The molecule has 3 aliphatic carbocycles. The van der Waals surface area contributed by atoms with E-state index in [1.807, 2.05) is 31.2 Å². The number of aliphatic carboxylic acids is 1. The average molecular weight is 477 g/mol. The molecule has 0 aliphatic heterocycles. The number of nitrogens with one attached hydrogen (secondary N) is 2. The molecule has 4 atom stereocenters. The molecule has 0 unspecified atom stereocenters. The number of carboxylic acid groups (broad SMARTS) is 1. The Morgan fingerprint density at radius 1 is 1.06 bits per heavy atom. The smallest absolute Gasteiger partial charge is 0.407 e. The van der Waals surface area contributed by atoms with Crippen LogP contribution in [0.4, 0.5) is 4.79 Å². The van der Waals surface area contributed by atoms with Gasteiger partial charge in [-0.3, -0.25) is 9.59 Å². The number of alkyl carbamates (subject to hydrolysis) is 1. The molecule has 3 aliphatic rings. The minimum atomic E-state index is -0.908. The van der Waals surface area contributed by atoms with E-state index < -0.39 is 17.5 Å². The number of carbonyl (C=O) groups is 3. The fourth-order valence-corrected chi connectivity index (χ4v) is 6.21. The summed E-state index contributed by atoms with van der Waals surface area (Å²) in [5.41, 5.74) is 4.23. The van der Waals surface area contributed by atoms with E-state index in [1.54, 1.807) is 0 Å². The van der Waals surface area contributed by atoms with Crippen molar-refractivity contribution in [2.24, 2.45) is 11.3 Å². The molecule has 7 nitrogen and oxygen atoms in total. The van der Waals surface area contributed by atoms with Gasteiger partial charge in [-0.1, -0.05) is 61.9 Å². The predicted octanol–water partition coefficient (Wildman–Crippen LogP) is 4.45. The molecule has 5 rings (SSSR count). The summed E-state index contributed by atoms with van der Waals surface area (Å²) < 4.78 is 5.67. The van der Waals surface area contributed by atoms with Crippen LogP contribution in [0.5, 0.6) is 0 Å². The van der Waals surface area contributed by atoms with E-state index in [0.717, 1.165) is 19.3 Å². The van der Waals surface area contributed by atoms with Crippen molar-refractivity contribution in [2.75, 3.05) is 6.61 Å². The fraction of sp³-hybridized carbons (Fsp3) is 0.464. The lowest BCUT2D eigenvalue weighted by molar-refractivity contribution is -0.138. The number of carbonyl (C=O) groups excluding carboxylic acids is 2. The molecule has 2 aromatic rings. The summed E-state index contributed by atoms with van der Waals surface area (Å²) >= 11 is 0. The molecule has 0 radical (unpaired) electrons. The highest BCUT2D eigenvalue weighted by molar-refractivity contribution is 5.87. The Bertz CT molecular complexity index is 1100. The molecule has 2 saturated carbocycles. The Kier molecular flexibility index (Phi) is 6.26. The second kappa shape index (κ2) is 9.36. The monoisotopic (exact) mass is 476 g/mol. The van der Waals surface area contributed by atoms with Crippen LogP contribution < -0.4 is 10.6 Å². The van der Waals surface area contributed by atoms with Gasteiger partial charge in [-0.25, -0.2) is 4.79 Å². The van der Waals surface area contributed by atoms with E-state index in [9.17, 15) is 14.4 Å². The van der Waals surface area contributed by atoms with Crippen molar-refractivity contribution in [3.63, 3.8) is 0 Å². The SMILES string of the molecule is CCC[C@H](CC(=O)O)NC(=O)[C@@]12C[C@@H](NC(=O)OCC3c4ccccc4-c4ccccc43)C[C@@H]1C2. The van der Waals surface area contributed by atoms with Crippen molar-refractivity contribution in [3.05, 3.63) is 59.7 Å². The van der Waals surface area contributed by atoms with Crippen LogP contribution in [-0.4, -0.2) is 41.8 Å². The van der Waals surface area contributed by atoms with Gasteiger partial charge < -0.3 is 20.5 Å². The molecule has 3 N–H and O–H groups in total. The Morgan fingerprint density at radius 3 is 2.34 bits per heavy atom. The van der Waals surface area contributed by atoms with Gasteiger partial charge in [0, 0.05) is 18.0 Å². The number of benzene rings is 2. The summed E-state index contributed by atoms with van der Waals surface area (Å²) in [5, 5.41) is 15.1. The third-order valence-corrected chi connectivity index (χ3v) is 7.92. The number of hydrogen-bond donors (Lipinski definition) is 3. The first-order chi connectivity index (χ1) is 16.9. The minimum absolute atomic E-state index is 0.00647. The standard InChI is InChI=1S/C28H32N2O5/c1-2-7-18(13-25(31)32)29-26(33)28-14-17(28)12-19(15-28)30-27(34)35-16-24-22-10-5-3-8-20(22)21-9-4-6-11-23(21)24/h3-6,8-11,17-19,24H,2,7,12-16H2,1H3,(H,29,33)(H,30,34)(H,31,32)/t17-,18-,19+,28+/m1/s1. The first-order valence-corrected chi connectivity index (χ1v) is 12.6. The zero-order valence-electron chi connectivity index (χ0n) is 20.0. The highest BCUT2D eigenvalue weighted by Crippen LogP contribution is 2.63. The molecular weight excluding hydrogens is 444 g/mol. The van der Waals surface area contributed by atoms with Crippen molar-refractivity contribution in [3.8, 4) is 11.1 Å². The molecule has 0 bridgehead atoms. The quantitative estimate of drug-likeness (QED) is 0.496. The minimum Gasteiger partial charge on any atom is -0.481 e. The molecular formula is C28H32N2O5. The van der Waals surface area contributed by atoms with Gasteiger partial charge in [0.2, 0.25) is 5.91 Å². The van der Waals surface area contributed by atoms with E-state index in [-0.39, 0.29) is 42.9 Å². The Hall–Kier alpha value is -3.35. The van der Waals surface area contributed by atoms with Crippen LogP contribution in [0.25, 0.3) is 11.1 Å². The van der Waals surface area contributed by atoms with Crippen LogP contribution in [0, 0.1) is 11.3 Å². The molecule has 184 valence electrons.